The van der Waals surface area contributed by atoms with E-state index in [2.05, 4.69) is 12.1 Å². The molecule has 0 fully saturated rings. The summed E-state index contributed by atoms with van der Waals surface area (Å²) in [6.07, 6.45) is 2.54. The third-order valence-electron chi connectivity index (χ3n) is 2.74. The van der Waals surface area contributed by atoms with E-state index in [-0.39, 0.29) is 5.92 Å². The fraction of sp³-hybridized carbons (Fsp3) is 0.533. The average molecular weight is 234 g/mol. The van der Waals surface area contributed by atoms with Gasteiger partial charge in [0.1, 0.15) is 11.5 Å². The first-order chi connectivity index (χ1) is 8.13. The van der Waals surface area contributed by atoms with E-state index in [1.54, 1.807) is 0 Å². The van der Waals surface area contributed by atoms with E-state index in [1.165, 1.54) is 5.56 Å². The van der Waals surface area contributed by atoms with E-state index in [0.29, 0.717) is 18.8 Å². The molecule has 0 aliphatic heterocycles. The molecule has 0 bridgehead atoms. The summed E-state index contributed by atoms with van der Waals surface area (Å²) in [6, 6.07) is 8.11. The predicted molar refractivity (Wildman–Crippen MR) is 70.4 cm³/mol. The number of hydrogen-bond acceptors (Lipinski definition) is 2. The number of benzene rings is 1. The molecule has 1 aromatic rings. The van der Waals surface area contributed by atoms with Gasteiger partial charge in [-0.3, -0.25) is 4.79 Å². The molecule has 0 saturated carbocycles. The Bertz CT molecular complexity index is 356. The summed E-state index contributed by atoms with van der Waals surface area (Å²) >= 11 is 0. The lowest BCUT2D eigenvalue weighted by Crippen LogP contribution is -2.06. The van der Waals surface area contributed by atoms with E-state index < -0.39 is 0 Å². The van der Waals surface area contributed by atoms with Crippen LogP contribution in [0.4, 0.5) is 0 Å². The monoisotopic (exact) mass is 234 g/mol. The number of Topliss-reactive ketones (excluding diaryl/α,β-unsaturated/α-hetero) is 1. The molecule has 0 saturated heterocycles. The van der Waals surface area contributed by atoms with Gasteiger partial charge in [-0.25, -0.2) is 0 Å². The lowest BCUT2D eigenvalue weighted by atomic mass is 10.0. The van der Waals surface area contributed by atoms with Gasteiger partial charge in [0.05, 0.1) is 6.61 Å². The topological polar surface area (TPSA) is 26.3 Å². The number of carbonyl (C=O) groups is 1. The zero-order chi connectivity index (χ0) is 12.7. The van der Waals surface area contributed by atoms with Gasteiger partial charge in [-0.2, -0.15) is 0 Å². The van der Waals surface area contributed by atoms with Crippen LogP contribution in [0.1, 0.15) is 39.2 Å². The molecular formula is C15H22O2. The van der Waals surface area contributed by atoms with Crippen molar-refractivity contribution in [2.75, 3.05) is 6.61 Å². The van der Waals surface area contributed by atoms with Crippen LogP contribution in [0, 0.1) is 5.92 Å². The third-order valence-corrected chi connectivity index (χ3v) is 2.74. The van der Waals surface area contributed by atoms with Crippen LogP contribution in [0.2, 0.25) is 0 Å². The van der Waals surface area contributed by atoms with Crippen molar-refractivity contribution in [1.29, 1.82) is 0 Å². The molecule has 17 heavy (non-hydrogen) atoms. The van der Waals surface area contributed by atoms with Crippen LogP contribution in [0.25, 0.3) is 0 Å². The molecule has 1 aromatic carbocycles. The summed E-state index contributed by atoms with van der Waals surface area (Å²) in [5.41, 5.74) is 1.24. The van der Waals surface area contributed by atoms with Crippen molar-refractivity contribution in [2.24, 2.45) is 5.92 Å². The van der Waals surface area contributed by atoms with Crippen LogP contribution in [0.15, 0.2) is 24.3 Å². The minimum atomic E-state index is 0.157. The van der Waals surface area contributed by atoms with Gasteiger partial charge >= 0.3 is 0 Å². The number of carbonyl (C=O) groups excluding carboxylic acids is 1. The number of aryl methyl sites for hydroxylation is 1. The Balaban J connectivity index is 2.41. The summed E-state index contributed by atoms with van der Waals surface area (Å²) < 4.78 is 5.45. The second-order valence-electron chi connectivity index (χ2n) is 4.55. The van der Waals surface area contributed by atoms with E-state index in [1.807, 2.05) is 32.9 Å². The molecule has 2 heteroatoms. The van der Waals surface area contributed by atoms with Gasteiger partial charge in [0.15, 0.2) is 0 Å². The molecule has 0 heterocycles. The number of ketones is 1. The Morgan fingerprint density at radius 2 is 2.12 bits per heavy atom. The van der Waals surface area contributed by atoms with Crippen LogP contribution in [-0.2, 0) is 11.2 Å². The number of ether oxygens (including phenoxy) is 1. The smallest absolute Gasteiger partial charge is 0.135 e. The van der Waals surface area contributed by atoms with E-state index in [9.17, 15) is 4.79 Å². The maximum Gasteiger partial charge on any atom is 0.135 e. The Hall–Kier alpha value is -1.31. The highest BCUT2D eigenvalue weighted by molar-refractivity contribution is 5.80. The molecule has 2 nitrogen and oxygen atoms in total. The first-order valence-electron chi connectivity index (χ1n) is 6.38. The molecule has 0 amide bonds. The summed E-state index contributed by atoms with van der Waals surface area (Å²) in [5, 5.41) is 0. The Labute approximate surface area is 104 Å². The predicted octanol–water partition coefficient (Wildman–Crippen LogP) is 3.63. The third kappa shape index (κ3) is 5.03. The molecule has 0 radical (unpaired) electrons. The molecule has 0 atom stereocenters. The normalized spacial score (nSPS) is 10.6. The summed E-state index contributed by atoms with van der Waals surface area (Å²) in [4.78, 5) is 11.5. The van der Waals surface area contributed by atoms with E-state index in [0.717, 1.165) is 18.6 Å². The highest BCUT2D eigenvalue weighted by Gasteiger charge is 2.06. The van der Waals surface area contributed by atoms with Gasteiger partial charge < -0.3 is 4.74 Å². The van der Waals surface area contributed by atoms with Crippen molar-refractivity contribution in [1.82, 2.24) is 0 Å². The largest absolute Gasteiger partial charge is 0.494 e. The second kappa shape index (κ2) is 7.10. The number of hydrogen-bond donors (Lipinski definition) is 0. The molecular weight excluding hydrogens is 212 g/mol. The molecule has 0 N–H and O–H groups in total. The second-order valence-corrected chi connectivity index (χ2v) is 4.55. The van der Waals surface area contributed by atoms with Crippen LogP contribution in [0.3, 0.4) is 0 Å². The summed E-state index contributed by atoms with van der Waals surface area (Å²) in [6.45, 7) is 6.58. The maximum absolute atomic E-state index is 11.5. The van der Waals surface area contributed by atoms with Crippen molar-refractivity contribution in [3.63, 3.8) is 0 Å². The zero-order valence-electron chi connectivity index (χ0n) is 11.0. The zero-order valence-corrected chi connectivity index (χ0v) is 11.0. The van der Waals surface area contributed by atoms with Crippen molar-refractivity contribution >= 4 is 5.78 Å². The lowest BCUT2D eigenvalue weighted by molar-refractivity contribution is -0.121. The fourth-order valence-corrected chi connectivity index (χ4v) is 1.71. The van der Waals surface area contributed by atoms with Gasteiger partial charge in [-0.15, -0.1) is 0 Å². The fourth-order valence-electron chi connectivity index (χ4n) is 1.71. The van der Waals surface area contributed by atoms with E-state index in [4.69, 9.17) is 4.74 Å². The maximum atomic E-state index is 11.5. The molecule has 94 valence electrons. The minimum absolute atomic E-state index is 0.157. The van der Waals surface area contributed by atoms with Gasteiger partial charge in [0, 0.05) is 12.3 Å². The van der Waals surface area contributed by atoms with Crippen molar-refractivity contribution in [3.05, 3.63) is 29.8 Å². The molecule has 0 unspecified atom stereocenters. The van der Waals surface area contributed by atoms with Crippen molar-refractivity contribution in [2.45, 2.75) is 40.0 Å². The first-order valence-corrected chi connectivity index (χ1v) is 6.38. The average Bonchev–Trinajstić information content (AvgIpc) is 2.29. The Kier molecular flexibility index (Phi) is 5.75. The Morgan fingerprint density at radius 1 is 1.35 bits per heavy atom. The van der Waals surface area contributed by atoms with Gasteiger partial charge in [0.2, 0.25) is 0 Å². The summed E-state index contributed by atoms with van der Waals surface area (Å²) in [5.74, 6) is 1.43. The first kappa shape index (κ1) is 13.8. The standard InChI is InChI=1S/C15H22O2/c1-4-17-14-9-5-7-13(11-14)8-6-10-15(16)12(2)3/h5,7,9,11-12H,4,6,8,10H2,1-3H3. The minimum Gasteiger partial charge on any atom is -0.494 e. The quantitative estimate of drug-likeness (QED) is 0.720. The van der Waals surface area contributed by atoms with Gasteiger partial charge in [0.25, 0.3) is 0 Å². The van der Waals surface area contributed by atoms with Crippen LogP contribution < -0.4 is 4.74 Å². The van der Waals surface area contributed by atoms with Crippen molar-refractivity contribution in [3.8, 4) is 5.75 Å². The van der Waals surface area contributed by atoms with Gasteiger partial charge in [-0.1, -0.05) is 26.0 Å². The highest BCUT2D eigenvalue weighted by atomic mass is 16.5. The highest BCUT2D eigenvalue weighted by Crippen LogP contribution is 2.15. The molecule has 1 rings (SSSR count). The lowest BCUT2D eigenvalue weighted by Gasteiger charge is -2.06. The SMILES string of the molecule is CCOc1cccc(CCCC(=O)C(C)C)c1. The van der Waals surface area contributed by atoms with Crippen LogP contribution in [0.5, 0.6) is 5.75 Å². The number of rotatable bonds is 7. The summed E-state index contributed by atoms with van der Waals surface area (Å²) in [7, 11) is 0. The van der Waals surface area contributed by atoms with Crippen LogP contribution >= 0.6 is 0 Å². The molecule has 0 aliphatic carbocycles. The van der Waals surface area contributed by atoms with Crippen LogP contribution in [-0.4, -0.2) is 12.4 Å². The van der Waals surface area contributed by atoms with E-state index >= 15 is 0 Å². The molecule has 0 aliphatic rings. The van der Waals surface area contributed by atoms with Crippen molar-refractivity contribution < 1.29 is 9.53 Å². The molecule has 0 spiro atoms. The van der Waals surface area contributed by atoms with Gasteiger partial charge in [-0.05, 0) is 37.5 Å². The Morgan fingerprint density at radius 3 is 2.76 bits per heavy atom. The molecule has 0 aromatic heterocycles.